The van der Waals surface area contributed by atoms with E-state index >= 15 is 0 Å². The van der Waals surface area contributed by atoms with Crippen LogP contribution < -0.4 is 0 Å². The van der Waals surface area contributed by atoms with E-state index in [-0.39, 0.29) is 0 Å². The molecule has 0 N–H and O–H groups in total. The van der Waals surface area contributed by atoms with Gasteiger partial charge in [-0.25, -0.2) is 0 Å². The molecular weight excluding hydrogens is 164 g/mol. The summed E-state index contributed by atoms with van der Waals surface area (Å²) in [6.45, 7) is 15.4. The lowest BCUT2D eigenvalue weighted by Crippen LogP contribution is -2.26. The van der Waals surface area contributed by atoms with Crippen LogP contribution in [0.2, 0.25) is 6.04 Å². The highest BCUT2D eigenvalue weighted by Crippen LogP contribution is 2.16. The van der Waals surface area contributed by atoms with Crippen LogP contribution in [-0.2, 0) is 0 Å². The first-order valence-corrected chi connectivity index (χ1v) is 7.09. The van der Waals surface area contributed by atoms with Gasteiger partial charge in [-0.1, -0.05) is 17.1 Å². The van der Waals surface area contributed by atoms with Gasteiger partial charge >= 0.3 is 0 Å². The second kappa shape index (κ2) is 4.31. The second-order valence-corrected chi connectivity index (χ2v) is 8.08. The molecule has 60 valence electrons. The number of allylic oxidation sites excluding steroid dienone is 1. The van der Waals surface area contributed by atoms with Crippen LogP contribution in [-0.4, -0.2) is 18.3 Å². The fourth-order valence-electron chi connectivity index (χ4n) is 0.989. The van der Waals surface area contributed by atoms with E-state index in [4.69, 9.17) is 0 Å². The summed E-state index contributed by atoms with van der Waals surface area (Å²) in [6, 6.07) is 1.05. The van der Waals surface area contributed by atoms with E-state index in [9.17, 15) is 0 Å². The average Bonchev–Trinajstić information content (AvgIpc) is 2.00. The number of hydrogen-bond donors (Lipinski definition) is 0. The minimum absolute atomic E-state index is 1.05. The second-order valence-electron chi connectivity index (χ2n) is 2.86. The van der Waals surface area contributed by atoms with Gasteiger partial charge in [0.2, 0.25) is 0 Å². The molecule has 0 fully saturated rings. The molecular formula is C9H16Si2. The van der Waals surface area contributed by atoms with Crippen molar-refractivity contribution in [3.8, 4) is 0 Å². The molecule has 2 heteroatoms. The third kappa shape index (κ3) is 2.86. The van der Waals surface area contributed by atoms with E-state index in [0.717, 1.165) is 16.3 Å². The smallest absolute Gasteiger partial charge is 0.106 e. The number of rotatable bonds is 5. The van der Waals surface area contributed by atoms with Gasteiger partial charge in [0.25, 0.3) is 0 Å². The summed E-state index contributed by atoms with van der Waals surface area (Å²) < 4.78 is 0. The van der Waals surface area contributed by atoms with Crippen molar-refractivity contribution in [2.75, 3.05) is 0 Å². The maximum Gasteiger partial charge on any atom is 0.128 e. The third-order valence-corrected chi connectivity index (χ3v) is 6.30. The van der Waals surface area contributed by atoms with Gasteiger partial charge in [0.05, 0.1) is 0 Å². The molecule has 0 aromatic carbocycles. The highest BCUT2D eigenvalue weighted by atomic mass is 28.3. The molecule has 0 amide bonds. The van der Waals surface area contributed by atoms with Crippen molar-refractivity contribution in [2.24, 2.45) is 0 Å². The van der Waals surface area contributed by atoms with Crippen LogP contribution in [0.5, 0.6) is 0 Å². The Hall–Kier alpha value is -0.606. The fraction of sp³-hybridized carbons (Fsp3) is 0.111. The Kier molecular flexibility index (Phi) is 4.07. The Morgan fingerprint density at radius 1 is 1.18 bits per heavy atom. The van der Waals surface area contributed by atoms with Crippen molar-refractivity contribution in [3.63, 3.8) is 0 Å². The molecule has 0 aromatic rings. The predicted octanol–water partition coefficient (Wildman–Crippen LogP) is 1.49. The first-order chi connectivity index (χ1) is 5.10. The molecule has 11 heavy (non-hydrogen) atoms. The fourth-order valence-corrected chi connectivity index (χ4v) is 4.80. The maximum absolute atomic E-state index is 3.94. The Bertz CT molecular complexity index is 170. The zero-order valence-corrected chi connectivity index (χ0v) is 10.3. The van der Waals surface area contributed by atoms with Crippen molar-refractivity contribution in [2.45, 2.75) is 6.04 Å². The third-order valence-electron chi connectivity index (χ3n) is 1.75. The first kappa shape index (κ1) is 10.4. The average molecular weight is 180 g/mol. The van der Waals surface area contributed by atoms with Crippen molar-refractivity contribution in [1.82, 2.24) is 0 Å². The molecule has 0 spiro atoms. The summed E-state index contributed by atoms with van der Waals surface area (Å²) in [5, 5.41) is 1.32. The van der Waals surface area contributed by atoms with E-state index in [2.05, 4.69) is 26.3 Å². The SMILES string of the molecule is C=C[Si](C=C)(C=C)CC(=C)[SiH3]. The summed E-state index contributed by atoms with van der Waals surface area (Å²) >= 11 is 0. The van der Waals surface area contributed by atoms with E-state index in [0.29, 0.717) is 0 Å². The van der Waals surface area contributed by atoms with Crippen LogP contribution >= 0.6 is 0 Å². The molecule has 0 aliphatic rings. The molecule has 0 bridgehead atoms. The lowest BCUT2D eigenvalue weighted by molar-refractivity contribution is 1.58. The highest BCUT2D eigenvalue weighted by molar-refractivity contribution is 6.93. The van der Waals surface area contributed by atoms with Gasteiger partial charge in [-0.05, 0) is 6.04 Å². The topological polar surface area (TPSA) is 0 Å². The van der Waals surface area contributed by atoms with Crippen LogP contribution in [0.4, 0.5) is 0 Å². The minimum atomic E-state index is -1.55. The molecule has 0 saturated heterocycles. The predicted molar refractivity (Wildman–Crippen MR) is 60.2 cm³/mol. The van der Waals surface area contributed by atoms with Gasteiger partial charge in [-0.2, -0.15) is 0 Å². The zero-order valence-electron chi connectivity index (χ0n) is 7.27. The maximum atomic E-state index is 3.94. The van der Waals surface area contributed by atoms with Crippen molar-refractivity contribution in [3.05, 3.63) is 48.6 Å². The van der Waals surface area contributed by atoms with Gasteiger partial charge in [-0.15, -0.1) is 31.5 Å². The summed E-state index contributed by atoms with van der Waals surface area (Å²) in [4.78, 5) is 0. The molecule has 0 nitrogen and oxygen atoms in total. The van der Waals surface area contributed by atoms with Crippen LogP contribution in [0.1, 0.15) is 0 Å². The van der Waals surface area contributed by atoms with Crippen molar-refractivity contribution < 1.29 is 0 Å². The van der Waals surface area contributed by atoms with Gasteiger partial charge in [0, 0.05) is 10.2 Å². The van der Waals surface area contributed by atoms with E-state index < -0.39 is 8.07 Å². The van der Waals surface area contributed by atoms with Gasteiger partial charge in [0.15, 0.2) is 0 Å². The van der Waals surface area contributed by atoms with Crippen LogP contribution in [0.25, 0.3) is 0 Å². The van der Waals surface area contributed by atoms with Crippen LogP contribution in [0.3, 0.4) is 0 Å². The Morgan fingerprint density at radius 3 is 1.64 bits per heavy atom. The van der Waals surface area contributed by atoms with E-state index in [1.807, 2.05) is 17.1 Å². The standard InChI is InChI=1S/C9H16Si2/c1-5-11(6-2,7-3)8-9(4)10/h5-7H,1-4,8H2,10H3. The van der Waals surface area contributed by atoms with Gasteiger partial charge < -0.3 is 0 Å². The zero-order chi connectivity index (χ0) is 8.91. The molecule has 0 aromatic heterocycles. The Morgan fingerprint density at radius 2 is 1.55 bits per heavy atom. The Labute approximate surface area is 73.5 Å². The van der Waals surface area contributed by atoms with Crippen LogP contribution in [0.15, 0.2) is 48.6 Å². The lowest BCUT2D eigenvalue weighted by atomic mass is 10.7. The Balaban J connectivity index is 4.54. The van der Waals surface area contributed by atoms with Gasteiger partial charge in [0.1, 0.15) is 8.07 Å². The monoisotopic (exact) mass is 180 g/mol. The molecule has 0 radical (unpaired) electrons. The molecule has 0 heterocycles. The van der Waals surface area contributed by atoms with E-state index in [1.165, 1.54) is 5.20 Å². The van der Waals surface area contributed by atoms with E-state index in [1.54, 1.807) is 0 Å². The quantitative estimate of drug-likeness (QED) is 0.562. The molecule has 0 unspecified atom stereocenters. The summed E-state index contributed by atoms with van der Waals surface area (Å²) in [5.74, 6) is 0. The molecule has 0 atom stereocenters. The molecule has 0 aliphatic carbocycles. The van der Waals surface area contributed by atoms with Crippen LogP contribution in [0, 0.1) is 0 Å². The summed E-state index contributed by atoms with van der Waals surface area (Å²) in [6.07, 6.45) is 0. The largest absolute Gasteiger partial charge is 0.128 e. The minimum Gasteiger partial charge on any atom is -0.106 e. The molecule has 0 saturated carbocycles. The summed E-state index contributed by atoms with van der Waals surface area (Å²) in [5.41, 5.74) is 6.03. The summed E-state index contributed by atoms with van der Waals surface area (Å²) in [7, 11) is -0.493. The lowest BCUT2D eigenvalue weighted by Gasteiger charge is -2.19. The van der Waals surface area contributed by atoms with Crippen molar-refractivity contribution >= 4 is 18.3 Å². The highest BCUT2D eigenvalue weighted by Gasteiger charge is 2.20. The van der Waals surface area contributed by atoms with Crippen molar-refractivity contribution in [1.29, 1.82) is 0 Å². The number of hydrogen-bond acceptors (Lipinski definition) is 0. The first-order valence-electron chi connectivity index (χ1n) is 3.65. The normalized spacial score (nSPS) is 10.5. The molecule has 0 aliphatic heterocycles. The van der Waals surface area contributed by atoms with Gasteiger partial charge in [-0.3, -0.25) is 0 Å². The molecule has 0 rings (SSSR count).